The molecule has 2 heterocycles. The lowest BCUT2D eigenvalue weighted by Gasteiger charge is -2.18. The maximum atomic E-state index is 12.9. The summed E-state index contributed by atoms with van der Waals surface area (Å²) in [5.74, 6) is -1.18. The van der Waals surface area contributed by atoms with E-state index in [0.717, 1.165) is 29.7 Å². The van der Waals surface area contributed by atoms with Gasteiger partial charge in [0.1, 0.15) is 11.3 Å². The van der Waals surface area contributed by atoms with Crippen LogP contribution in [0.15, 0.2) is 30.6 Å². The number of carbonyl (C=O) groups is 3. The predicted octanol–water partition coefficient (Wildman–Crippen LogP) is 3.21. The number of amides is 1. The van der Waals surface area contributed by atoms with E-state index in [9.17, 15) is 14.4 Å². The maximum absolute atomic E-state index is 12.9. The Balaban J connectivity index is 1.52. The third-order valence-corrected chi connectivity index (χ3v) is 6.77. The summed E-state index contributed by atoms with van der Waals surface area (Å²) in [4.78, 5) is 39.5. The average molecular weight is 484 g/mol. The third-order valence-electron chi connectivity index (χ3n) is 5.60. The molecule has 1 aliphatic rings. The van der Waals surface area contributed by atoms with Crippen LogP contribution < -0.4 is 5.32 Å². The number of carbonyl (C=O) groups excluding carboxylic acids is 3. The van der Waals surface area contributed by atoms with Crippen molar-refractivity contribution in [3.63, 3.8) is 0 Å². The molecule has 3 aromatic rings. The molecule has 1 N–H and O–H groups in total. The highest BCUT2D eigenvalue weighted by atomic mass is 32.1. The molecule has 0 saturated carbocycles. The van der Waals surface area contributed by atoms with Gasteiger partial charge in [-0.3, -0.25) is 4.79 Å². The first-order valence-electron chi connectivity index (χ1n) is 11.0. The number of nitrogens with zero attached hydrogens (tertiary/aromatic N) is 4. The van der Waals surface area contributed by atoms with Crippen molar-refractivity contribution >= 4 is 34.2 Å². The molecule has 0 fully saturated rings. The molecule has 1 aliphatic carbocycles. The van der Waals surface area contributed by atoms with E-state index >= 15 is 0 Å². The molecule has 11 heteroatoms. The van der Waals surface area contributed by atoms with Gasteiger partial charge in [0.2, 0.25) is 0 Å². The first kappa shape index (κ1) is 23.6. The number of fused-ring (bicyclic) bond motifs is 1. The Morgan fingerprint density at radius 2 is 2.06 bits per heavy atom. The number of nitrogens with one attached hydrogen (secondary N) is 1. The quantitative estimate of drug-likeness (QED) is 0.508. The Kier molecular flexibility index (Phi) is 7.01. The zero-order valence-corrected chi connectivity index (χ0v) is 19.9. The third kappa shape index (κ3) is 4.84. The number of anilines is 1. The fourth-order valence-corrected chi connectivity index (χ4v) is 5.27. The minimum Gasteiger partial charge on any atom is -0.462 e. The van der Waals surface area contributed by atoms with Gasteiger partial charge in [0.05, 0.1) is 23.4 Å². The smallest absolute Gasteiger partial charge is 0.341 e. The number of aromatic nitrogens is 4. The van der Waals surface area contributed by atoms with E-state index < -0.39 is 23.9 Å². The number of ether oxygens (including phenoxy) is 2. The zero-order chi connectivity index (χ0) is 24.2. The number of hydrogen-bond acceptors (Lipinski definition) is 9. The monoisotopic (exact) mass is 483 g/mol. The zero-order valence-electron chi connectivity index (χ0n) is 19.1. The van der Waals surface area contributed by atoms with E-state index in [1.807, 2.05) is 0 Å². The van der Waals surface area contributed by atoms with Crippen LogP contribution >= 0.6 is 11.3 Å². The number of thiophene rings is 1. The minimum absolute atomic E-state index is 0.210. The molecule has 34 heavy (non-hydrogen) atoms. The Bertz CT molecular complexity index is 1210. The maximum Gasteiger partial charge on any atom is 0.341 e. The highest BCUT2D eigenvalue weighted by Crippen LogP contribution is 2.40. The molecule has 1 amide bonds. The fourth-order valence-electron chi connectivity index (χ4n) is 3.87. The molecule has 0 saturated heterocycles. The number of benzene rings is 1. The second-order valence-electron chi connectivity index (χ2n) is 8.08. The lowest BCUT2D eigenvalue weighted by molar-refractivity contribution is -0.123. The topological polar surface area (TPSA) is 125 Å². The molecule has 10 nitrogen and oxygen atoms in total. The van der Waals surface area contributed by atoms with Crippen LogP contribution in [0.5, 0.6) is 0 Å². The first-order valence-corrected chi connectivity index (χ1v) is 11.9. The molecule has 0 aliphatic heterocycles. The van der Waals surface area contributed by atoms with E-state index in [1.54, 1.807) is 31.2 Å². The van der Waals surface area contributed by atoms with Crippen molar-refractivity contribution in [1.29, 1.82) is 0 Å². The van der Waals surface area contributed by atoms with E-state index in [0.29, 0.717) is 22.2 Å². The Hall–Kier alpha value is -3.60. The molecule has 1 aromatic carbocycles. The molecule has 4 rings (SSSR count). The van der Waals surface area contributed by atoms with Gasteiger partial charge in [-0.15, -0.1) is 16.4 Å². The molecule has 2 atom stereocenters. The van der Waals surface area contributed by atoms with E-state index in [-0.39, 0.29) is 12.2 Å². The van der Waals surface area contributed by atoms with Gasteiger partial charge >= 0.3 is 11.9 Å². The summed E-state index contributed by atoms with van der Waals surface area (Å²) in [5.41, 5.74) is 1.98. The number of esters is 2. The molecule has 0 spiro atoms. The summed E-state index contributed by atoms with van der Waals surface area (Å²) in [7, 11) is 0. The normalized spacial score (nSPS) is 15.8. The lowest BCUT2D eigenvalue weighted by Crippen LogP contribution is -2.30. The van der Waals surface area contributed by atoms with Crippen LogP contribution in [0, 0.1) is 5.92 Å². The Morgan fingerprint density at radius 3 is 2.79 bits per heavy atom. The number of rotatable bonds is 7. The number of tetrazole rings is 1. The van der Waals surface area contributed by atoms with Crippen molar-refractivity contribution in [3.05, 3.63) is 52.2 Å². The number of hydrogen-bond donors (Lipinski definition) is 1. The summed E-state index contributed by atoms with van der Waals surface area (Å²) >= 11 is 1.38. The van der Waals surface area contributed by atoms with Gasteiger partial charge < -0.3 is 14.8 Å². The van der Waals surface area contributed by atoms with Crippen LogP contribution in [-0.2, 0) is 27.1 Å². The van der Waals surface area contributed by atoms with Gasteiger partial charge in [-0.2, -0.15) is 4.68 Å². The average Bonchev–Trinajstić information content (AvgIpc) is 3.46. The molecule has 0 radical (unpaired) electrons. The van der Waals surface area contributed by atoms with Crippen LogP contribution in [0.4, 0.5) is 5.00 Å². The number of para-hydroxylation sites is 1. The van der Waals surface area contributed by atoms with E-state index in [4.69, 9.17) is 9.47 Å². The molecule has 2 aromatic heterocycles. The predicted molar refractivity (Wildman–Crippen MR) is 124 cm³/mol. The van der Waals surface area contributed by atoms with Gasteiger partial charge in [0.15, 0.2) is 6.10 Å². The molecule has 2 unspecified atom stereocenters. The van der Waals surface area contributed by atoms with Gasteiger partial charge in [-0.25, -0.2) is 9.59 Å². The summed E-state index contributed by atoms with van der Waals surface area (Å²) in [6, 6.07) is 6.65. The Labute approximate surface area is 200 Å². The highest BCUT2D eigenvalue weighted by Gasteiger charge is 2.30. The van der Waals surface area contributed by atoms with Crippen LogP contribution in [-0.4, -0.2) is 50.8 Å². The van der Waals surface area contributed by atoms with Crippen LogP contribution in [0.25, 0.3) is 5.69 Å². The van der Waals surface area contributed by atoms with Crippen molar-refractivity contribution in [2.24, 2.45) is 5.92 Å². The van der Waals surface area contributed by atoms with Gasteiger partial charge in [0.25, 0.3) is 5.91 Å². The summed E-state index contributed by atoms with van der Waals surface area (Å²) in [6.07, 6.45) is 2.83. The standard InChI is InChI=1S/C23H25N5O5S/c1-4-32-23(31)19-16-10-9-13(2)11-18(16)34-21(19)25-20(29)14(3)33-22(30)15-7-5-6-8-17(15)28-12-24-26-27-28/h5-8,12-14H,4,9-11H2,1-3H3,(H,25,29). The molecule has 178 valence electrons. The highest BCUT2D eigenvalue weighted by molar-refractivity contribution is 7.17. The van der Waals surface area contributed by atoms with Gasteiger partial charge in [0, 0.05) is 4.88 Å². The van der Waals surface area contributed by atoms with E-state index in [2.05, 4.69) is 27.8 Å². The molecular weight excluding hydrogens is 458 g/mol. The van der Waals surface area contributed by atoms with Gasteiger partial charge in [-0.05, 0) is 67.2 Å². The van der Waals surface area contributed by atoms with Crippen LogP contribution in [0.1, 0.15) is 58.3 Å². The SMILES string of the molecule is CCOC(=O)c1c(NC(=O)C(C)OC(=O)c2ccccc2-n2cnnn2)sc2c1CCC(C)C2. The fraction of sp³-hybridized carbons (Fsp3) is 0.391. The lowest BCUT2D eigenvalue weighted by atomic mass is 9.88. The van der Waals surface area contributed by atoms with Gasteiger partial charge in [-0.1, -0.05) is 19.1 Å². The van der Waals surface area contributed by atoms with E-state index in [1.165, 1.54) is 29.3 Å². The molecule has 0 bridgehead atoms. The molecular formula is C23H25N5O5S. The summed E-state index contributed by atoms with van der Waals surface area (Å²) in [6.45, 7) is 5.62. The van der Waals surface area contributed by atoms with Crippen molar-refractivity contribution in [1.82, 2.24) is 20.2 Å². The summed E-state index contributed by atoms with van der Waals surface area (Å²) in [5, 5.41) is 14.2. The van der Waals surface area contributed by atoms with Crippen molar-refractivity contribution in [2.75, 3.05) is 11.9 Å². The summed E-state index contributed by atoms with van der Waals surface area (Å²) < 4.78 is 12.0. The van der Waals surface area contributed by atoms with Crippen molar-refractivity contribution in [3.8, 4) is 5.69 Å². The minimum atomic E-state index is -1.11. The second kappa shape index (κ2) is 10.1. The first-order chi connectivity index (χ1) is 16.4. The Morgan fingerprint density at radius 1 is 1.26 bits per heavy atom. The van der Waals surface area contributed by atoms with Crippen molar-refractivity contribution < 1.29 is 23.9 Å². The second-order valence-corrected chi connectivity index (χ2v) is 9.19. The van der Waals surface area contributed by atoms with Crippen LogP contribution in [0.3, 0.4) is 0 Å². The van der Waals surface area contributed by atoms with Crippen LogP contribution in [0.2, 0.25) is 0 Å². The largest absolute Gasteiger partial charge is 0.462 e. The van der Waals surface area contributed by atoms with Crippen molar-refractivity contribution in [2.45, 2.75) is 46.1 Å².